The second-order valence-corrected chi connectivity index (χ2v) is 4.43. The minimum atomic E-state index is -0.794. The highest BCUT2D eigenvalue weighted by Crippen LogP contribution is 2.24. The van der Waals surface area contributed by atoms with Crippen molar-refractivity contribution < 1.29 is 14.6 Å². The van der Waals surface area contributed by atoms with Crippen LogP contribution in [0.3, 0.4) is 0 Å². The molecule has 88 valence electrons. The van der Waals surface area contributed by atoms with Gasteiger partial charge in [0.1, 0.15) is 0 Å². The Morgan fingerprint density at radius 2 is 2.06 bits per heavy atom. The summed E-state index contributed by atoms with van der Waals surface area (Å²) >= 11 is 1.32. The fourth-order valence-electron chi connectivity index (χ4n) is 1.46. The molecule has 4 heteroatoms. The summed E-state index contributed by atoms with van der Waals surface area (Å²) in [5, 5.41) is 8.55. The van der Waals surface area contributed by atoms with Gasteiger partial charge < -0.3 is 9.84 Å². The molecule has 0 aromatic heterocycles. The predicted octanol–water partition coefficient (Wildman–Crippen LogP) is 2.96. The molecule has 0 radical (unpaired) electrons. The first-order valence-corrected chi connectivity index (χ1v) is 6.13. The molecular weight excluding hydrogens is 224 g/mol. The summed E-state index contributed by atoms with van der Waals surface area (Å²) in [4.78, 5) is 11.4. The SMILES string of the molecule is CC[C@@H](OC)c1ccc(SCC(=O)O)cc1. The maximum Gasteiger partial charge on any atom is 0.313 e. The lowest BCUT2D eigenvalue weighted by molar-refractivity contribution is -0.133. The topological polar surface area (TPSA) is 46.5 Å². The molecule has 0 spiro atoms. The van der Waals surface area contributed by atoms with E-state index in [1.165, 1.54) is 11.8 Å². The molecule has 0 saturated carbocycles. The van der Waals surface area contributed by atoms with Crippen molar-refractivity contribution in [2.45, 2.75) is 24.3 Å². The molecule has 1 aromatic carbocycles. The summed E-state index contributed by atoms with van der Waals surface area (Å²) in [6, 6.07) is 7.85. The Kier molecular flexibility index (Phi) is 5.35. The second-order valence-electron chi connectivity index (χ2n) is 3.38. The van der Waals surface area contributed by atoms with E-state index in [1.807, 2.05) is 24.3 Å². The van der Waals surface area contributed by atoms with Gasteiger partial charge in [0.05, 0.1) is 11.9 Å². The number of carbonyl (C=O) groups is 1. The van der Waals surface area contributed by atoms with Gasteiger partial charge in [-0.25, -0.2) is 0 Å². The highest BCUT2D eigenvalue weighted by atomic mass is 32.2. The number of hydrogen-bond acceptors (Lipinski definition) is 3. The third-order valence-corrected chi connectivity index (χ3v) is 3.27. The quantitative estimate of drug-likeness (QED) is 0.776. The fourth-order valence-corrected chi connectivity index (χ4v) is 2.08. The van der Waals surface area contributed by atoms with Crippen LogP contribution in [0.4, 0.5) is 0 Å². The first-order valence-electron chi connectivity index (χ1n) is 5.14. The van der Waals surface area contributed by atoms with Gasteiger partial charge in [-0.2, -0.15) is 0 Å². The summed E-state index contributed by atoms with van der Waals surface area (Å²) in [5.74, 6) is -0.696. The van der Waals surface area contributed by atoms with Crippen molar-refractivity contribution in [1.29, 1.82) is 0 Å². The predicted molar refractivity (Wildman–Crippen MR) is 64.8 cm³/mol. The summed E-state index contributed by atoms with van der Waals surface area (Å²) in [6.45, 7) is 2.07. The van der Waals surface area contributed by atoms with Crippen molar-refractivity contribution in [3.8, 4) is 0 Å². The van der Waals surface area contributed by atoms with Gasteiger partial charge in [0, 0.05) is 12.0 Å². The molecule has 0 amide bonds. The number of benzene rings is 1. The summed E-state index contributed by atoms with van der Waals surface area (Å²) in [5.41, 5.74) is 1.13. The van der Waals surface area contributed by atoms with E-state index >= 15 is 0 Å². The lowest BCUT2D eigenvalue weighted by atomic mass is 10.1. The van der Waals surface area contributed by atoms with Crippen LogP contribution in [0.15, 0.2) is 29.2 Å². The van der Waals surface area contributed by atoms with Crippen molar-refractivity contribution in [2.75, 3.05) is 12.9 Å². The zero-order valence-electron chi connectivity index (χ0n) is 9.47. The highest BCUT2D eigenvalue weighted by molar-refractivity contribution is 8.00. The average molecular weight is 240 g/mol. The molecule has 0 fully saturated rings. The van der Waals surface area contributed by atoms with Crippen LogP contribution < -0.4 is 0 Å². The van der Waals surface area contributed by atoms with Gasteiger partial charge in [-0.15, -0.1) is 11.8 Å². The van der Waals surface area contributed by atoms with E-state index < -0.39 is 5.97 Å². The molecule has 1 N–H and O–H groups in total. The van der Waals surface area contributed by atoms with Crippen LogP contribution in [-0.4, -0.2) is 23.9 Å². The lowest BCUT2D eigenvalue weighted by Crippen LogP contribution is -2.00. The standard InChI is InChI=1S/C12H16O3S/c1-3-11(15-2)9-4-6-10(7-5-9)16-8-12(13)14/h4-7,11H,3,8H2,1-2H3,(H,13,14)/t11-/m1/s1. The van der Waals surface area contributed by atoms with Crippen LogP contribution in [0, 0.1) is 0 Å². The number of ether oxygens (including phenoxy) is 1. The molecule has 0 bridgehead atoms. The molecule has 1 atom stereocenters. The van der Waals surface area contributed by atoms with Gasteiger partial charge in [-0.1, -0.05) is 19.1 Å². The van der Waals surface area contributed by atoms with E-state index in [9.17, 15) is 4.79 Å². The van der Waals surface area contributed by atoms with E-state index in [1.54, 1.807) is 7.11 Å². The van der Waals surface area contributed by atoms with E-state index in [0.717, 1.165) is 16.9 Å². The zero-order chi connectivity index (χ0) is 12.0. The highest BCUT2D eigenvalue weighted by Gasteiger charge is 2.07. The number of methoxy groups -OCH3 is 1. The van der Waals surface area contributed by atoms with Crippen LogP contribution in [0.5, 0.6) is 0 Å². The number of carboxylic acids is 1. The van der Waals surface area contributed by atoms with Crippen LogP contribution in [0.25, 0.3) is 0 Å². The van der Waals surface area contributed by atoms with Crippen molar-refractivity contribution >= 4 is 17.7 Å². The maximum absolute atomic E-state index is 10.4. The molecule has 0 aliphatic heterocycles. The molecule has 3 nitrogen and oxygen atoms in total. The molecule has 1 rings (SSSR count). The first-order chi connectivity index (χ1) is 7.67. The van der Waals surface area contributed by atoms with Crippen molar-refractivity contribution in [3.63, 3.8) is 0 Å². The van der Waals surface area contributed by atoms with Gasteiger partial charge in [-0.3, -0.25) is 4.79 Å². The van der Waals surface area contributed by atoms with Gasteiger partial charge in [0.25, 0.3) is 0 Å². The Hall–Kier alpha value is -1.00. The molecule has 0 aliphatic carbocycles. The summed E-state index contributed by atoms with van der Waals surface area (Å²) < 4.78 is 5.32. The van der Waals surface area contributed by atoms with Gasteiger partial charge in [-0.05, 0) is 24.1 Å². The number of rotatable bonds is 6. The van der Waals surface area contributed by atoms with E-state index in [-0.39, 0.29) is 11.9 Å². The molecule has 0 unspecified atom stereocenters. The Labute approximate surface area is 99.8 Å². The lowest BCUT2D eigenvalue weighted by Gasteiger charge is -2.13. The molecular formula is C12H16O3S. The number of carboxylic acid groups (broad SMARTS) is 1. The molecule has 0 saturated heterocycles. The van der Waals surface area contributed by atoms with Crippen LogP contribution in [0.1, 0.15) is 25.0 Å². The van der Waals surface area contributed by atoms with Crippen LogP contribution in [0.2, 0.25) is 0 Å². The molecule has 16 heavy (non-hydrogen) atoms. The van der Waals surface area contributed by atoms with E-state index in [0.29, 0.717) is 0 Å². The number of aliphatic carboxylic acids is 1. The fraction of sp³-hybridized carbons (Fsp3) is 0.417. The maximum atomic E-state index is 10.4. The minimum absolute atomic E-state index is 0.0980. The normalized spacial score (nSPS) is 12.4. The summed E-state index contributed by atoms with van der Waals surface area (Å²) in [6.07, 6.45) is 1.05. The Morgan fingerprint density at radius 1 is 1.44 bits per heavy atom. The Morgan fingerprint density at radius 3 is 2.50 bits per heavy atom. The smallest absolute Gasteiger partial charge is 0.313 e. The van der Waals surface area contributed by atoms with E-state index in [2.05, 4.69) is 6.92 Å². The van der Waals surface area contributed by atoms with Crippen LogP contribution in [-0.2, 0) is 9.53 Å². The van der Waals surface area contributed by atoms with Gasteiger partial charge in [0.2, 0.25) is 0 Å². The van der Waals surface area contributed by atoms with Gasteiger partial charge in [0.15, 0.2) is 0 Å². The van der Waals surface area contributed by atoms with E-state index in [4.69, 9.17) is 9.84 Å². The molecule has 0 heterocycles. The number of thioether (sulfide) groups is 1. The van der Waals surface area contributed by atoms with Crippen molar-refractivity contribution in [1.82, 2.24) is 0 Å². The second kappa shape index (κ2) is 6.55. The monoisotopic (exact) mass is 240 g/mol. The average Bonchev–Trinajstić information content (AvgIpc) is 2.29. The number of hydrogen-bond donors (Lipinski definition) is 1. The first kappa shape index (κ1) is 13.1. The van der Waals surface area contributed by atoms with Crippen molar-refractivity contribution in [2.24, 2.45) is 0 Å². The Bertz CT molecular complexity index is 331. The van der Waals surface area contributed by atoms with Gasteiger partial charge >= 0.3 is 5.97 Å². The zero-order valence-corrected chi connectivity index (χ0v) is 10.3. The van der Waals surface area contributed by atoms with Crippen molar-refractivity contribution in [3.05, 3.63) is 29.8 Å². The molecule has 1 aromatic rings. The molecule has 0 aliphatic rings. The van der Waals surface area contributed by atoms with Crippen LogP contribution >= 0.6 is 11.8 Å². The largest absolute Gasteiger partial charge is 0.481 e. The third-order valence-electron chi connectivity index (χ3n) is 2.27. The summed E-state index contributed by atoms with van der Waals surface area (Å²) in [7, 11) is 1.70. The third kappa shape index (κ3) is 3.87. The Balaban J connectivity index is 2.63. The minimum Gasteiger partial charge on any atom is -0.481 e.